The molecule has 1 aromatic carbocycles. The van der Waals surface area contributed by atoms with Crippen LogP contribution >= 0.6 is 0 Å². The van der Waals surface area contributed by atoms with Gasteiger partial charge in [-0.3, -0.25) is 0 Å². The first-order chi connectivity index (χ1) is 12.4. The van der Waals surface area contributed by atoms with E-state index in [-0.39, 0.29) is 22.8 Å². The summed E-state index contributed by atoms with van der Waals surface area (Å²) >= 11 is 0. The second-order valence-corrected chi connectivity index (χ2v) is 6.66. The number of aliphatic imine (C=N–C) groups is 1. The van der Waals surface area contributed by atoms with E-state index in [1.807, 2.05) is 18.3 Å². The summed E-state index contributed by atoms with van der Waals surface area (Å²) in [5, 5.41) is 0.271. The van der Waals surface area contributed by atoms with Crippen LogP contribution in [0.4, 0.5) is 19.0 Å². The van der Waals surface area contributed by atoms with Gasteiger partial charge in [-0.2, -0.15) is 13.2 Å². The van der Waals surface area contributed by atoms with Crippen molar-refractivity contribution in [2.75, 3.05) is 0 Å². The molecule has 0 saturated carbocycles. The van der Waals surface area contributed by atoms with Gasteiger partial charge in [0.25, 0.3) is 0 Å². The molecular weight excluding hydrogens is 341 g/mol. The van der Waals surface area contributed by atoms with Crippen molar-refractivity contribution in [1.29, 1.82) is 0 Å². The number of halogens is 3. The SMILES string of the molecule is C[C@H]1CCc2ccccc2C1/C=N\c1ncnc2[nH]c(C(F)(F)F)cc12. The van der Waals surface area contributed by atoms with Gasteiger partial charge in [0.15, 0.2) is 5.82 Å². The molecule has 0 spiro atoms. The van der Waals surface area contributed by atoms with Crippen LogP contribution in [0.3, 0.4) is 0 Å². The Hall–Kier alpha value is -2.70. The van der Waals surface area contributed by atoms with Crippen molar-refractivity contribution in [3.8, 4) is 0 Å². The molecule has 134 valence electrons. The molecule has 2 aromatic heterocycles. The normalized spacial score (nSPS) is 20.6. The van der Waals surface area contributed by atoms with Gasteiger partial charge in [-0.15, -0.1) is 0 Å². The van der Waals surface area contributed by atoms with Crippen molar-refractivity contribution >= 4 is 23.1 Å². The standard InChI is InChI=1S/C19H17F3N4/c1-11-6-7-12-4-2-3-5-13(12)15(11)9-23-17-14-8-16(19(20,21)22)26-18(14)25-10-24-17/h2-5,8-11,15H,6-7H2,1H3,(H,24,25,26)/b23-9-/t11-,15?/m0/s1. The summed E-state index contributed by atoms with van der Waals surface area (Å²) in [6.45, 7) is 2.17. The molecule has 0 amide bonds. The Morgan fingerprint density at radius 2 is 2.04 bits per heavy atom. The van der Waals surface area contributed by atoms with Crippen molar-refractivity contribution in [2.45, 2.75) is 31.9 Å². The zero-order valence-corrected chi connectivity index (χ0v) is 14.1. The predicted octanol–water partition coefficient (Wildman–Crippen LogP) is 5.05. The Bertz CT molecular complexity index is 974. The van der Waals surface area contributed by atoms with Crippen molar-refractivity contribution in [2.24, 2.45) is 10.9 Å². The fourth-order valence-electron chi connectivity index (χ4n) is 3.52. The Morgan fingerprint density at radius 3 is 2.85 bits per heavy atom. The van der Waals surface area contributed by atoms with Gasteiger partial charge in [-0.05, 0) is 36.0 Å². The lowest BCUT2D eigenvalue weighted by Crippen LogP contribution is -2.19. The second-order valence-electron chi connectivity index (χ2n) is 6.66. The van der Waals surface area contributed by atoms with Crippen LogP contribution in [0.1, 0.15) is 36.1 Å². The van der Waals surface area contributed by atoms with Crippen molar-refractivity contribution < 1.29 is 13.2 Å². The van der Waals surface area contributed by atoms with Gasteiger partial charge in [0.2, 0.25) is 0 Å². The van der Waals surface area contributed by atoms with E-state index in [0.717, 1.165) is 18.9 Å². The summed E-state index contributed by atoms with van der Waals surface area (Å²) in [7, 11) is 0. The number of nitrogens with zero attached hydrogens (tertiary/aromatic N) is 3. The van der Waals surface area contributed by atoms with E-state index in [9.17, 15) is 13.2 Å². The zero-order chi connectivity index (χ0) is 18.3. The summed E-state index contributed by atoms with van der Waals surface area (Å²) in [5.74, 6) is 0.769. The molecule has 4 rings (SSSR count). The van der Waals surface area contributed by atoms with E-state index < -0.39 is 11.9 Å². The lowest BCUT2D eigenvalue weighted by atomic mass is 9.76. The highest BCUT2D eigenvalue weighted by atomic mass is 19.4. The highest BCUT2D eigenvalue weighted by molar-refractivity contribution is 5.88. The number of hydrogen-bond donors (Lipinski definition) is 1. The molecule has 1 N–H and O–H groups in total. The summed E-state index contributed by atoms with van der Waals surface area (Å²) in [4.78, 5) is 14.7. The molecule has 0 fully saturated rings. The molecule has 2 atom stereocenters. The number of nitrogens with one attached hydrogen (secondary N) is 1. The molecule has 1 aliphatic carbocycles. The molecule has 0 bridgehead atoms. The lowest BCUT2D eigenvalue weighted by molar-refractivity contribution is -0.140. The monoisotopic (exact) mass is 358 g/mol. The van der Waals surface area contributed by atoms with Gasteiger partial charge in [0, 0.05) is 12.1 Å². The van der Waals surface area contributed by atoms with Gasteiger partial charge >= 0.3 is 6.18 Å². The van der Waals surface area contributed by atoms with Crippen molar-refractivity contribution in [3.63, 3.8) is 0 Å². The van der Waals surface area contributed by atoms with E-state index in [1.54, 1.807) is 0 Å². The number of fused-ring (bicyclic) bond motifs is 2. The maximum absolute atomic E-state index is 12.9. The number of alkyl halides is 3. The molecule has 0 saturated heterocycles. The van der Waals surface area contributed by atoms with E-state index in [2.05, 4.69) is 39.0 Å². The summed E-state index contributed by atoms with van der Waals surface area (Å²) in [5.41, 5.74) is 1.82. The van der Waals surface area contributed by atoms with Gasteiger partial charge in [0.1, 0.15) is 17.7 Å². The van der Waals surface area contributed by atoms with Crippen molar-refractivity contribution in [1.82, 2.24) is 15.0 Å². The first-order valence-electron chi connectivity index (χ1n) is 8.46. The quantitative estimate of drug-likeness (QED) is 0.652. The van der Waals surface area contributed by atoms with E-state index in [1.165, 1.54) is 17.5 Å². The minimum absolute atomic E-state index is 0.117. The summed E-state index contributed by atoms with van der Waals surface area (Å²) in [6, 6.07) is 9.25. The van der Waals surface area contributed by atoms with Crippen LogP contribution in [0.25, 0.3) is 11.0 Å². The lowest BCUT2D eigenvalue weighted by Gasteiger charge is -2.28. The molecule has 2 heterocycles. The molecule has 0 aliphatic heterocycles. The van der Waals surface area contributed by atoms with Gasteiger partial charge in [-0.1, -0.05) is 31.2 Å². The number of aromatic nitrogens is 3. The van der Waals surface area contributed by atoms with Crippen molar-refractivity contribution in [3.05, 3.63) is 53.5 Å². The number of H-pyrrole nitrogens is 1. The smallest absolute Gasteiger partial charge is 0.336 e. The second kappa shape index (κ2) is 6.23. The van der Waals surface area contributed by atoms with Gasteiger partial charge < -0.3 is 4.98 Å². The summed E-state index contributed by atoms with van der Waals surface area (Å²) in [6.07, 6.45) is 0.661. The first kappa shape index (κ1) is 16.8. The molecule has 3 aromatic rings. The van der Waals surface area contributed by atoms with Crippen LogP contribution < -0.4 is 0 Å². The third-order valence-corrected chi connectivity index (χ3v) is 4.96. The number of rotatable bonds is 2. The molecule has 1 unspecified atom stereocenters. The van der Waals surface area contributed by atoms with Gasteiger partial charge in [-0.25, -0.2) is 15.0 Å². The van der Waals surface area contributed by atoms with E-state index in [4.69, 9.17) is 0 Å². The minimum atomic E-state index is -4.46. The van der Waals surface area contributed by atoms with Crippen LogP contribution in [0, 0.1) is 5.92 Å². The fourth-order valence-corrected chi connectivity index (χ4v) is 3.52. The summed E-state index contributed by atoms with van der Waals surface area (Å²) < 4.78 is 38.8. The number of aromatic amines is 1. The highest BCUT2D eigenvalue weighted by Crippen LogP contribution is 2.36. The van der Waals surface area contributed by atoms with Crippen LogP contribution in [-0.4, -0.2) is 21.2 Å². The average Bonchev–Trinajstić information content (AvgIpc) is 3.06. The first-order valence-corrected chi connectivity index (χ1v) is 8.46. The third kappa shape index (κ3) is 2.98. The molecule has 7 heteroatoms. The van der Waals surface area contributed by atoms with Crippen LogP contribution in [0.2, 0.25) is 0 Å². The molecule has 1 aliphatic rings. The largest absolute Gasteiger partial charge is 0.431 e. The number of hydrogen-bond acceptors (Lipinski definition) is 3. The maximum Gasteiger partial charge on any atom is 0.431 e. The third-order valence-electron chi connectivity index (χ3n) is 4.96. The maximum atomic E-state index is 12.9. The number of aryl methyl sites for hydroxylation is 1. The number of benzene rings is 1. The topological polar surface area (TPSA) is 53.9 Å². The minimum Gasteiger partial charge on any atom is -0.336 e. The van der Waals surface area contributed by atoms with Gasteiger partial charge in [0.05, 0.1) is 5.39 Å². The van der Waals surface area contributed by atoms with E-state index in [0.29, 0.717) is 5.92 Å². The predicted molar refractivity (Wildman–Crippen MR) is 93.7 cm³/mol. The van der Waals surface area contributed by atoms with Crippen LogP contribution in [0.5, 0.6) is 0 Å². The Morgan fingerprint density at radius 1 is 1.23 bits per heavy atom. The molecule has 26 heavy (non-hydrogen) atoms. The fraction of sp³-hybridized carbons (Fsp3) is 0.316. The van der Waals surface area contributed by atoms with Crippen LogP contribution in [0.15, 0.2) is 41.7 Å². The van der Waals surface area contributed by atoms with Crippen LogP contribution in [-0.2, 0) is 12.6 Å². The zero-order valence-electron chi connectivity index (χ0n) is 14.1. The Labute approximate surface area is 148 Å². The Balaban J connectivity index is 1.72. The molecular formula is C19H17F3N4. The average molecular weight is 358 g/mol. The van der Waals surface area contributed by atoms with E-state index >= 15 is 0 Å². The highest BCUT2D eigenvalue weighted by Gasteiger charge is 2.33. The molecule has 0 radical (unpaired) electrons. The Kier molecular flexibility index (Phi) is 4.01. The molecule has 4 nitrogen and oxygen atoms in total.